The number of allylic oxidation sites excluding steroid dienone is 1. The normalized spacial score (nSPS) is 10.9. The minimum absolute atomic E-state index is 1.03. The number of nitrogens with zero attached hydrogens (tertiary/aromatic N) is 1. The van der Waals surface area contributed by atoms with Gasteiger partial charge < -0.3 is 10.2 Å². The Balaban J connectivity index is 2.32. The molecule has 0 fully saturated rings. The Morgan fingerprint density at radius 2 is 1.89 bits per heavy atom. The fraction of sp³-hybridized carbons (Fsp3) is 0.529. The average Bonchev–Trinajstić information content (AvgIpc) is 2.41. The van der Waals surface area contributed by atoms with Crippen molar-refractivity contribution >= 4 is 0 Å². The van der Waals surface area contributed by atoms with Gasteiger partial charge in [0.15, 0.2) is 0 Å². The van der Waals surface area contributed by atoms with Gasteiger partial charge in [-0.3, -0.25) is 0 Å². The number of likely N-dealkylation sites (N-methyl/N-ethyl adjacent to an activating group) is 1. The summed E-state index contributed by atoms with van der Waals surface area (Å²) in [6.07, 6.45) is 5.41. The van der Waals surface area contributed by atoms with Crippen molar-refractivity contribution in [2.45, 2.75) is 32.7 Å². The maximum Gasteiger partial charge on any atom is 0.0230 e. The number of unbranched alkanes of at least 4 members (excludes halogenated alkanes) is 1. The topological polar surface area (TPSA) is 15.3 Å². The number of hydrogen-bond donors (Lipinski definition) is 1. The van der Waals surface area contributed by atoms with Crippen molar-refractivity contribution < 1.29 is 0 Å². The molecule has 1 rings (SSSR count). The van der Waals surface area contributed by atoms with Crippen LogP contribution in [0.1, 0.15) is 30.9 Å². The van der Waals surface area contributed by atoms with Crippen LogP contribution in [0, 0.1) is 0 Å². The summed E-state index contributed by atoms with van der Waals surface area (Å²) in [5.41, 5.74) is 2.81. The molecule has 0 saturated carbocycles. The van der Waals surface area contributed by atoms with E-state index in [0.717, 1.165) is 39.0 Å². The molecule has 0 aliphatic carbocycles. The first-order chi connectivity index (χ1) is 9.26. The van der Waals surface area contributed by atoms with Crippen molar-refractivity contribution in [3.63, 3.8) is 0 Å². The Bertz CT molecular complexity index is 343. The Morgan fingerprint density at radius 3 is 2.53 bits per heavy atom. The van der Waals surface area contributed by atoms with Gasteiger partial charge in [-0.25, -0.2) is 0 Å². The molecular weight excluding hydrogens is 232 g/mol. The van der Waals surface area contributed by atoms with Gasteiger partial charge in [-0.2, -0.15) is 0 Å². The highest BCUT2D eigenvalue weighted by molar-refractivity contribution is 5.22. The summed E-state index contributed by atoms with van der Waals surface area (Å²) in [5.74, 6) is 0. The molecule has 0 amide bonds. The molecule has 1 aromatic carbocycles. The maximum absolute atomic E-state index is 3.76. The molecule has 0 aromatic heterocycles. The van der Waals surface area contributed by atoms with E-state index in [2.05, 4.69) is 55.0 Å². The smallest absolute Gasteiger partial charge is 0.0230 e. The lowest BCUT2D eigenvalue weighted by molar-refractivity contribution is 0.323. The van der Waals surface area contributed by atoms with E-state index in [4.69, 9.17) is 0 Å². The summed E-state index contributed by atoms with van der Waals surface area (Å²) in [6.45, 7) is 10.2. The number of hydrogen-bond acceptors (Lipinski definition) is 2. The van der Waals surface area contributed by atoms with E-state index in [1.54, 1.807) is 0 Å². The second-order valence-electron chi connectivity index (χ2n) is 5.09. The molecule has 0 saturated heterocycles. The van der Waals surface area contributed by atoms with E-state index >= 15 is 0 Å². The molecule has 0 aliphatic heterocycles. The number of nitrogens with one attached hydrogen (secondary N) is 1. The van der Waals surface area contributed by atoms with Gasteiger partial charge in [0.05, 0.1) is 0 Å². The molecule has 1 aromatic rings. The van der Waals surface area contributed by atoms with Gasteiger partial charge in [-0.1, -0.05) is 37.3 Å². The highest BCUT2D eigenvalue weighted by Crippen LogP contribution is 2.08. The van der Waals surface area contributed by atoms with E-state index in [-0.39, 0.29) is 0 Å². The SMILES string of the molecule is C=CCCCN(C)Cc1ccc(CCNCC)cc1. The summed E-state index contributed by atoms with van der Waals surface area (Å²) in [5, 5.41) is 3.36. The van der Waals surface area contributed by atoms with Crippen LogP contribution in [0.4, 0.5) is 0 Å². The molecule has 0 unspecified atom stereocenters. The molecule has 0 aliphatic rings. The van der Waals surface area contributed by atoms with Crippen molar-refractivity contribution in [3.05, 3.63) is 48.0 Å². The first-order valence-corrected chi connectivity index (χ1v) is 7.34. The first-order valence-electron chi connectivity index (χ1n) is 7.34. The first kappa shape index (κ1) is 15.9. The van der Waals surface area contributed by atoms with Gasteiger partial charge in [0.1, 0.15) is 0 Å². The van der Waals surface area contributed by atoms with Gasteiger partial charge in [-0.05, 0) is 57.1 Å². The highest BCUT2D eigenvalue weighted by atomic mass is 15.1. The molecule has 2 heteroatoms. The molecule has 2 nitrogen and oxygen atoms in total. The molecule has 1 N–H and O–H groups in total. The van der Waals surface area contributed by atoms with E-state index in [9.17, 15) is 0 Å². The lowest BCUT2D eigenvalue weighted by atomic mass is 10.1. The van der Waals surface area contributed by atoms with Gasteiger partial charge in [0.2, 0.25) is 0 Å². The average molecular weight is 260 g/mol. The van der Waals surface area contributed by atoms with Gasteiger partial charge in [0.25, 0.3) is 0 Å². The second kappa shape index (κ2) is 9.76. The Kier molecular flexibility index (Phi) is 8.19. The van der Waals surface area contributed by atoms with E-state index < -0.39 is 0 Å². The van der Waals surface area contributed by atoms with Crippen LogP contribution in [-0.2, 0) is 13.0 Å². The number of rotatable bonds is 10. The van der Waals surface area contributed by atoms with Gasteiger partial charge in [-0.15, -0.1) is 6.58 Å². The quantitative estimate of drug-likeness (QED) is 0.513. The lowest BCUT2D eigenvalue weighted by Gasteiger charge is -2.16. The van der Waals surface area contributed by atoms with Crippen LogP contribution in [0.2, 0.25) is 0 Å². The van der Waals surface area contributed by atoms with Crippen molar-refractivity contribution in [2.24, 2.45) is 0 Å². The van der Waals surface area contributed by atoms with Crippen LogP contribution in [0.3, 0.4) is 0 Å². The molecular formula is C17H28N2. The fourth-order valence-corrected chi connectivity index (χ4v) is 2.12. The maximum atomic E-state index is 3.76. The Morgan fingerprint density at radius 1 is 1.21 bits per heavy atom. The molecule has 0 bridgehead atoms. The summed E-state index contributed by atoms with van der Waals surface area (Å²) in [4.78, 5) is 2.37. The third-order valence-corrected chi connectivity index (χ3v) is 3.26. The van der Waals surface area contributed by atoms with E-state index in [1.165, 1.54) is 17.5 Å². The van der Waals surface area contributed by atoms with Crippen LogP contribution in [0.5, 0.6) is 0 Å². The summed E-state index contributed by atoms with van der Waals surface area (Å²) in [6, 6.07) is 9.02. The predicted molar refractivity (Wildman–Crippen MR) is 84.5 cm³/mol. The monoisotopic (exact) mass is 260 g/mol. The molecule has 0 radical (unpaired) electrons. The van der Waals surface area contributed by atoms with Crippen LogP contribution in [-0.4, -0.2) is 31.6 Å². The minimum Gasteiger partial charge on any atom is -0.317 e. The van der Waals surface area contributed by atoms with E-state index in [0.29, 0.717) is 0 Å². The highest BCUT2D eigenvalue weighted by Gasteiger charge is 2.00. The second-order valence-corrected chi connectivity index (χ2v) is 5.09. The van der Waals surface area contributed by atoms with Crippen LogP contribution < -0.4 is 5.32 Å². The van der Waals surface area contributed by atoms with Gasteiger partial charge in [0, 0.05) is 6.54 Å². The third-order valence-electron chi connectivity index (χ3n) is 3.26. The van der Waals surface area contributed by atoms with Crippen LogP contribution in [0.25, 0.3) is 0 Å². The predicted octanol–water partition coefficient (Wildman–Crippen LogP) is 3.24. The van der Waals surface area contributed by atoms with Crippen LogP contribution >= 0.6 is 0 Å². The summed E-state index contributed by atoms with van der Waals surface area (Å²) < 4.78 is 0. The standard InChI is InChI=1S/C17H28N2/c1-4-6-7-14-19(3)15-17-10-8-16(9-11-17)12-13-18-5-2/h4,8-11,18H,1,5-7,12-15H2,2-3H3. The van der Waals surface area contributed by atoms with E-state index in [1.807, 2.05) is 6.08 Å². The third kappa shape index (κ3) is 7.14. The van der Waals surface area contributed by atoms with Crippen molar-refractivity contribution in [1.82, 2.24) is 10.2 Å². The fourth-order valence-electron chi connectivity index (χ4n) is 2.12. The van der Waals surface area contributed by atoms with Crippen molar-refractivity contribution in [2.75, 3.05) is 26.7 Å². The molecule has 0 spiro atoms. The molecule has 19 heavy (non-hydrogen) atoms. The molecule has 0 atom stereocenters. The van der Waals surface area contributed by atoms with Crippen LogP contribution in [0.15, 0.2) is 36.9 Å². The largest absolute Gasteiger partial charge is 0.317 e. The Hall–Kier alpha value is -1.12. The Labute approximate surface area is 118 Å². The zero-order chi connectivity index (χ0) is 13.9. The lowest BCUT2D eigenvalue weighted by Crippen LogP contribution is -2.19. The van der Waals surface area contributed by atoms with Gasteiger partial charge >= 0.3 is 0 Å². The molecule has 0 heterocycles. The van der Waals surface area contributed by atoms with Crippen molar-refractivity contribution in [1.29, 1.82) is 0 Å². The molecule has 106 valence electrons. The summed E-state index contributed by atoms with van der Waals surface area (Å²) >= 11 is 0. The zero-order valence-electron chi connectivity index (χ0n) is 12.5. The van der Waals surface area contributed by atoms with Crippen molar-refractivity contribution in [3.8, 4) is 0 Å². The number of benzene rings is 1. The minimum atomic E-state index is 1.03. The summed E-state index contributed by atoms with van der Waals surface area (Å²) in [7, 11) is 2.18. The zero-order valence-corrected chi connectivity index (χ0v) is 12.5.